The topological polar surface area (TPSA) is 50.9 Å². The smallest absolute Gasteiger partial charge is 0.147 e. The third kappa shape index (κ3) is 3.19. The fourth-order valence-corrected chi connectivity index (χ4v) is 2.08. The molecule has 1 aromatic carbocycles. The molecule has 6 heteroatoms. The Morgan fingerprint density at radius 1 is 1.11 bits per heavy atom. The summed E-state index contributed by atoms with van der Waals surface area (Å²) in [4.78, 5) is 4.08. The van der Waals surface area contributed by atoms with E-state index < -0.39 is 0 Å². The van der Waals surface area contributed by atoms with Crippen LogP contribution in [-0.4, -0.2) is 4.98 Å². The van der Waals surface area contributed by atoms with Crippen LogP contribution in [0.3, 0.4) is 0 Å². The molecule has 2 rings (SSSR count). The van der Waals surface area contributed by atoms with Crippen molar-refractivity contribution in [1.29, 1.82) is 0 Å². The molecule has 0 amide bonds. The fraction of sp³-hybridized carbons (Fsp3) is 0.0833. The zero-order valence-corrected chi connectivity index (χ0v) is 11.5. The van der Waals surface area contributed by atoms with Gasteiger partial charge in [0.2, 0.25) is 0 Å². The molecule has 0 atom stereocenters. The van der Waals surface area contributed by atoms with Gasteiger partial charge in [0, 0.05) is 11.6 Å². The SMILES string of the molecule is Nc1nc(NCc2cccc(Cl)c2)c(Cl)cc1Cl. The van der Waals surface area contributed by atoms with Crippen molar-refractivity contribution in [2.45, 2.75) is 6.54 Å². The number of anilines is 2. The summed E-state index contributed by atoms with van der Waals surface area (Å²) in [6.07, 6.45) is 0. The van der Waals surface area contributed by atoms with Crippen molar-refractivity contribution in [2.24, 2.45) is 0 Å². The number of nitrogen functional groups attached to an aromatic ring is 1. The maximum Gasteiger partial charge on any atom is 0.147 e. The van der Waals surface area contributed by atoms with Gasteiger partial charge in [-0.2, -0.15) is 0 Å². The lowest BCUT2D eigenvalue weighted by molar-refractivity contribution is 1.11. The monoisotopic (exact) mass is 301 g/mol. The van der Waals surface area contributed by atoms with Crippen LogP contribution in [-0.2, 0) is 6.54 Å². The molecule has 0 saturated carbocycles. The van der Waals surface area contributed by atoms with Crippen LogP contribution in [0.25, 0.3) is 0 Å². The summed E-state index contributed by atoms with van der Waals surface area (Å²) < 4.78 is 0. The molecule has 0 unspecified atom stereocenters. The minimum Gasteiger partial charge on any atom is -0.382 e. The predicted molar refractivity (Wildman–Crippen MR) is 77.4 cm³/mol. The molecule has 0 spiro atoms. The van der Waals surface area contributed by atoms with Crippen molar-refractivity contribution < 1.29 is 0 Å². The van der Waals surface area contributed by atoms with Gasteiger partial charge in [-0.3, -0.25) is 0 Å². The van der Waals surface area contributed by atoms with E-state index in [0.717, 1.165) is 5.56 Å². The largest absolute Gasteiger partial charge is 0.382 e. The number of halogens is 3. The highest BCUT2D eigenvalue weighted by molar-refractivity contribution is 6.37. The highest BCUT2D eigenvalue weighted by Gasteiger charge is 2.06. The van der Waals surface area contributed by atoms with Gasteiger partial charge in [-0.1, -0.05) is 46.9 Å². The Labute approximate surface area is 120 Å². The summed E-state index contributed by atoms with van der Waals surface area (Å²) >= 11 is 17.7. The van der Waals surface area contributed by atoms with Crippen molar-refractivity contribution in [3.05, 3.63) is 51.0 Å². The summed E-state index contributed by atoms with van der Waals surface area (Å²) in [6, 6.07) is 9.07. The quantitative estimate of drug-likeness (QED) is 0.892. The number of hydrogen-bond donors (Lipinski definition) is 2. The van der Waals surface area contributed by atoms with Gasteiger partial charge in [0.05, 0.1) is 10.0 Å². The van der Waals surface area contributed by atoms with Crippen molar-refractivity contribution >= 4 is 46.4 Å². The average molecular weight is 303 g/mol. The first-order chi connectivity index (χ1) is 8.56. The lowest BCUT2D eigenvalue weighted by atomic mass is 10.2. The number of benzene rings is 1. The Morgan fingerprint density at radius 3 is 2.61 bits per heavy atom. The lowest BCUT2D eigenvalue weighted by Gasteiger charge is -2.09. The second kappa shape index (κ2) is 5.65. The van der Waals surface area contributed by atoms with E-state index in [4.69, 9.17) is 40.5 Å². The van der Waals surface area contributed by atoms with Crippen LogP contribution in [0.15, 0.2) is 30.3 Å². The summed E-state index contributed by atoms with van der Waals surface area (Å²) in [6.45, 7) is 0.550. The van der Waals surface area contributed by atoms with Crippen molar-refractivity contribution in [3.8, 4) is 0 Å². The van der Waals surface area contributed by atoms with Crippen LogP contribution in [0.4, 0.5) is 11.6 Å². The Hall–Kier alpha value is -1.16. The molecule has 18 heavy (non-hydrogen) atoms. The van der Waals surface area contributed by atoms with Gasteiger partial charge in [0.25, 0.3) is 0 Å². The van der Waals surface area contributed by atoms with E-state index in [1.54, 1.807) is 6.07 Å². The maximum absolute atomic E-state index is 6.01. The number of hydrogen-bond acceptors (Lipinski definition) is 3. The van der Waals surface area contributed by atoms with Crippen LogP contribution >= 0.6 is 34.8 Å². The number of rotatable bonds is 3. The van der Waals surface area contributed by atoms with Crippen molar-refractivity contribution in [3.63, 3.8) is 0 Å². The second-order valence-corrected chi connectivity index (χ2v) is 4.92. The van der Waals surface area contributed by atoms with Gasteiger partial charge in [-0.15, -0.1) is 0 Å². The molecule has 0 radical (unpaired) electrons. The normalized spacial score (nSPS) is 10.4. The number of nitrogens with two attached hydrogens (primary N) is 1. The molecule has 94 valence electrons. The number of nitrogens with zero attached hydrogens (tertiary/aromatic N) is 1. The van der Waals surface area contributed by atoms with Gasteiger partial charge < -0.3 is 11.1 Å². The van der Waals surface area contributed by atoms with Crippen molar-refractivity contribution in [2.75, 3.05) is 11.1 Å². The number of aromatic nitrogens is 1. The summed E-state index contributed by atoms with van der Waals surface area (Å²) in [5.41, 5.74) is 6.64. The van der Waals surface area contributed by atoms with E-state index in [2.05, 4.69) is 10.3 Å². The summed E-state index contributed by atoms with van der Waals surface area (Å²) in [5, 5.41) is 4.54. The first kappa shape index (κ1) is 13.3. The zero-order chi connectivity index (χ0) is 13.1. The molecular weight excluding hydrogens is 293 g/mol. The molecule has 1 aromatic heterocycles. The highest BCUT2D eigenvalue weighted by atomic mass is 35.5. The molecule has 0 aliphatic rings. The fourth-order valence-electron chi connectivity index (χ4n) is 1.44. The zero-order valence-electron chi connectivity index (χ0n) is 9.25. The minimum absolute atomic E-state index is 0.245. The third-order valence-corrected chi connectivity index (χ3v) is 3.13. The van der Waals surface area contributed by atoms with Crippen LogP contribution in [0.1, 0.15) is 5.56 Å². The molecule has 0 bridgehead atoms. The van der Waals surface area contributed by atoms with E-state index in [0.29, 0.717) is 27.4 Å². The molecule has 3 N–H and O–H groups in total. The lowest BCUT2D eigenvalue weighted by Crippen LogP contribution is -2.04. The Kier molecular flexibility index (Phi) is 4.17. The third-order valence-electron chi connectivity index (χ3n) is 2.31. The van der Waals surface area contributed by atoms with Crippen LogP contribution < -0.4 is 11.1 Å². The maximum atomic E-state index is 6.01. The second-order valence-electron chi connectivity index (χ2n) is 3.67. The van der Waals surface area contributed by atoms with Gasteiger partial charge in [-0.25, -0.2) is 4.98 Å². The molecule has 2 aromatic rings. The first-order valence-electron chi connectivity index (χ1n) is 5.16. The Balaban J connectivity index is 2.13. The van der Waals surface area contributed by atoms with Crippen LogP contribution in [0.2, 0.25) is 15.1 Å². The van der Waals surface area contributed by atoms with Gasteiger partial charge >= 0.3 is 0 Å². The van der Waals surface area contributed by atoms with E-state index in [-0.39, 0.29) is 5.82 Å². The Morgan fingerprint density at radius 2 is 1.89 bits per heavy atom. The average Bonchev–Trinajstić information content (AvgIpc) is 2.32. The number of nitrogens with one attached hydrogen (secondary N) is 1. The standard InChI is InChI=1S/C12H10Cl3N3/c13-8-3-1-2-7(4-8)6-17-12-10(15)5-9(14)11(16)18-12/h1-5H,6H2,(H3,16,17,18). The van der Waals surface area contributed by atoms with Crippen LogP contribution in [0, 0.1) is 0 Å². The van der Waals surface area contributed by atoms with Gasteiger partial charge in [0.1, 0.15) is 11.6 Å². The van der Waals surface area contributed by atoms with Gasteiger partial charge in [0.15, 0.2) is 0 Å². The highest BCUT2D eigenvalue weighted by Crippen LogP contribution is 2.27. The molecule has 1 heterocycles. The van der Waals surface area contributed by atoms with E-state index in [1.165, 1.54) is 0 Å². The van der Waals surface area contributed by atoms with Crippen molar-refractivity contribution in [1.82, 2.24) is 4.98 Å². The molecule has 0 aliphatic carbocycles. The predicted octanol–water partition coefficient (Wildman–Crippen LogP) is 4.24. The van der Waals surface area contributed by atoms with E-state index >= 15 is 0 Å². The minimum atomic E-state index is 0.245. The van der Waals surface area contributed by atoms with Gasteiger partial charge in [-0.05, 0) is 23.8 Å². The molecule has 0 aliphatic heterocycles. The summed E-state index contributed by atoms with van der Waals surface area (Å²) in [5.74, 6) is 0.744. The molecule has 0 saturated heterocycles. The van der Waals surface area contributed by atoms with Crippen LogP contribution in [0.5, 0.6) is 0 Å². The first-order valence-corrected chi connectivity index (χ1v) is 6.29. The molecule has 0 fully saturated rings. The molecular formula is C12H10Cl3N3. The molecule has 3 nitrogen and oxygen atoms in total. The van der Waals surface area contributed by atoms with E-state index in [1.807, 2.05) is 24.3 Å². The van der Waals surface area contributed by atoms with E-state index in [9.17, 15) is 0 Å². The Bertz CT molecular complexity index is 572. The summed E-state index contributed by atoms with van der Waals surface area (Å²) in [7, 11) is 0. The number of pyridine rings is 1.